The van der Waals surface area contributed by atoms with Gasteiger partial charge in [-0.2, -0.15) is 0 Å². The van der Waals surface area contributed by atoms with Gasteiger partial charge in [-0.15, -0.1) is 0 Å². The monoisotopic (exact) mass is 285 g/mol. The zero-order valence-electron chi connectivity index (χ0n) is 10.7. The topological polar surface area (TPSA) is 49.3 Å². The zero-order valence-corrected chi connectivity index (χ0v) is 11.5. The normalized spacial score (nSPS) is 22.5. The van der Waals surface area contributed by atoms with Gasteiger partial charge in [0.25, 0.3) is 5.91 Å². The third-order valence-electron chi connectivity index (χ3n) is 3.64. The highest BCUT2D eigenvalue weighted by Crippen LogP contribution is 2.25. The van der Waals surface area contributed by atoms with E-state index < -0.39 is 5.82 Å². The van der Waals surface area contributed by atoms with Crippen LogP contribution >= 0.6 is 11.6 Å². The number of benzene rings is 1. The standard InChI is InChI=1S/C14H17ClFNO2/c1-8-5-10(11(15)6-12(8)16)14(19)17-7-9-3-2-4-13(9)18/h5-6,9,13,18H,2-4,7H2,1H3,(H,17,19). The van der Waals surface area contributed by atoms with Crippen molar-refractivity contribution in [2.45, 2.75) is 32.3 Å². The van der Waals surface area contributed by atoms with Gasteiger partial charge in [-0.3, -0.25) is 4.79 Å². The Morgan fingerprint density at radius 1 is 1.53 bits per heavy atom. The van der Waals surface area contributed by atoms with Crippen LogP contribution in [-0.4, -0.2) is 23.7 Å². The second kappa shape index (κ2) is 5.88. The van der Waals surface area contributed by atoms with Crippen LogP contribution in [0.3, 0.4) is 0 Å². The molecule has 0 bridgehead atoms. The van der Waals surface area contributed by atoms with Gasteiger partial charge in [0.2, 0.25) is 0 Å². The molecule has 1 fully saturated rings. The molecule has 2 N–H and O–H groups in total. The quantitative estimate of drug-likeness (QED) is 0.897. The summed E-state index contributed by atoms with van der Waals surface area (Å²) in [5, 5.41) is 12.5. The fourth-order valence-electron chi connectivity index (χ4n) is 2.41. The Kier molecular flexibility index (Phi) is 4.42. The molecule has 1 amide bonds. The molecule has 1 aliphatic carbocycles. The molecular weight excluding hydrogens is 269 g/mol. The lowest BCUT2D eigenvalue weighted by atomic mass is 10.1. The molecule has 2 unspecified atom stereocenters. The molecule has 0 saturated heterocycles. The van der Waals surface area contributed by atoms with E-state index in [4.69, 9.17) is 11.6 Å². The summed E-state index contributed by atoms with van der Waals surface area (Å²) >= 11 is 5.87. The lowest BCUT2D eigenvalue weighted by molar-refractivity contribution is 0.0917. The van der Waals surface area contributed by atoms with Crippen LogP contribution in [0.15, 0.2) is 12.1 Å². The van der Waals surface area contributed by atoms with E-state index >= 15 is 0 Å². The van der Waals surface area contributed by atoms with E-state index in [2.05, 4.69) is 5.32 Å². The maximum Gasteiger partial charge on any atom is 0.252 e. The van der Waals surface area contributed by atoms with Gasteiger partial charge in [-0.05, 0) is 37.5 Å². The highest BCUT2D eigenvalue weighted by Gasteiger charge is 2.25. The number of halogens is 2. The molecule has 0 aliphatic heterocycles. The summed E-state index contributed by atoms with van der Waals surface area (Å²) in [5.41, 5.74) is 0.656. The number of hydrogen-bond acceptors (Lipinski definition) is 2. The van der Waals surface area contributed by atoms with Gasteiger partial charge in [0.1, 0.15) is 5.82 Å². The average Bonchev–Trinajstić information content (AvgIpc) is 2.76. The molecule has 3 nitrogen and oxygen atoms in total. The molecule has 1 saturated carbocycles. The third-order valence-corrected chi connectivity index (χ3v) is 3.95. The van der Waals surface area contributed by atoms with Gasteiger partial charge in [-0.25, -0.2) is 4.39 Å². The summed E-state index contributed by atoms with van der Waals surface area (Å²) in [5.74, 6) is -0.649. The Balaban J connectivity index is 2.02. The molecule has 2 rings (SSSR count). The predicted octanol–water partition coefficient (Wildman–Crippen LogP) is 2.68. The minimum Gasteiger partial charge on any atom is -0.393 e. The minimum atomic E-state index is -0.423. The molecule has 5 heteroatoms. The van der Waals surface area contributed by atoms with Crippen LogP contribution in [0.1, 0.15) is 35.2 Å². The summed E-state index contributed by atoms with van der Waals surface area (Å²) in [4.78, 5) is 12.0. The van der Waals surface area contributed by atoms with Crippen molar-refractivity contribution in [3.05, 3.63) is 34.1 Å². The summed E-state index contributed by atoms with van der Waals surface area (Å²) < 4.78 is 13.3. The van der Waals surface area contributed by atoms with Crippen molar-refractivity contribution in [1.29, 1.82) is 0 Å². The highest BCUT2D eigenvalue weighted by molar-refractivity contribution is 6.33. The Morgan fingerprint density at radius 2 is 2.26 bits per heavy atom. The van der Waals surface area contributed by atoms with Crippen LogP contribution in [0.2, 0.25) is 5.02 Å². The molecule has 0 radical (unpaired) electrons. The number of carbonyl (C=O) groups excluding carboxylic acids is 1. The molecule has 0 spiro atoms. The smallest absolute Gasteiger partial charge is 0.252 e. The first kappa shape index (κ1) is 14.3. The fourth-order valence-corrected chi connectivity index (χ4v) is 2.64. The summed E-state index contributed by atoms with van der Waals surface area (Å²) in [6, 6.07) is 2.59. The summed E-state index contributed by atoms with van der Waals surface area (Å²) in [7, 11) is 0. The molecule has 2 atom stereocenters. The Labute approximate surface area is 116 Å². The molecular formula is C14H17ClFNO2. The molecule has 19 heavy (non-hydrogen) atoms. The number of nitrogens with one attached hydrogen (secondary N) is 1. The molecule has 1 aromatic carbocycles. The first-order valence-electron chi connectivity index (χ1n) is 6.41. The lowest BCUT2D eigenvalue weighted by Crippen LogP contribution is -2.32. The van der Waals surface area contributed by atoms with Crippen molar-refractivity contribution in [3.63, 3.8) is 0 Å². The molecule has 1 aliphatic rings. The van der Waals surface area contributed by atoms with E-state index in [9.17, 15) is 14.3 Å². The number of amides is 1. The fraction of sp³-hybridized carbons (Fsp3) is 0.500. The first-order valence-corrected chi connectivity index (χ1v) is 6.78. The largest absolute Gasteiger partial charge is 0.393 e. The maximum absolute atomic E-state index is 13.3. The molecule has 104 valence electrons. The number of aliphatic hydroxyl groups excluding tert-OH is 1. The molecule has 0 aromatic heterocycles. The van der Waals surface area contributed by atoms with Gasteiger partial charge in [0, 0.05) is 12.5 Å². The van der Waals surface area contributed by atoms with Crippen molar-refractivity contribution in [2.75, 3.05) is 6.54 Å². The van der Waals surface area contributed by atoms with E-state index in [0.29, 0.717) is 12.1 Å². The van der Waals surface area contributed by atoms with Gasteiger partial charge in [-0.1, -0.05) is 18.0 Å². The van der Waals surface area contributed by atoms with Crippen molar-refractivity contribution < 1.29 is 14.3 Å². The van der Waals surface area contributed by atoms with Crippen molar-refractivity contribution in [3.8, 4) is 0 Å². The first-order chi connectivity index (χ1) is 8.99. The average molecular weight is 286 g/mol. The van der Waals surface area contributed by atoms with Crippen molar-refractivity contribution in [2.24, 2.45) is 5.92 Å². The molecule has 1 aromatic rings. The number of rotatable bonds is 3. The van der Waals surface area contributed by atoms with E-state index in [-0.39, 0.29) is 28.5 Å². The van der Waals surface area contributed by atoms with Crippen LogP contribution in [0.25, 0.3) is 0 Å². The van der Waals surface area contributed by atoms with Crippen LogP contribution in [0.5, 0.6) is 0 Å². The highest BCUT2D eigenvalue weighted by atomic mass is 35.5. The van der Waals surface area contributed by atoms with Crippen LogP contribution in [0.4, 0.5) is 4.39 Å². The van der Waals surface area contributed by atoms with E-state index in [1.807, 2.05) is 0 Å². The third kappa shape index (κ3) is 3.25. The van der Waals surface area contributed by atoms with E-state index in [1.165, 1.54) is 6.07 Å². The van der Waals surface area contributed by atoms with Crippen molar-refractivity contribution >= 4 is 17.5 Å². The van der Waals surface area contributed by atoms with Crippen LogP contribution < -0.4 is 5.32 Å². The Bertz CT molecular complexity index is 493. The van der Waals surface area contributed by atoms with Gasteiger partial charge in [0.05, 0.1) is 16.7 Å². The number of aryl methyl sites for hydroxylation is 1. The summed E-state index contributed by atoms with van der Waals surface area (Å²) in [6.07, 6.45) is 2.35. The second-order valence-electron chi connectivity index (χ2n) is 5.05. The second-order valence-corrected chi connectivity index (χ2v) is 5.46. The van der Waals surface area contributed by atoms with E-state index in [1.54, 1.807) is 6.92 Å². The maximum atomic E-state index is 13.3. The number of carbonyl (C=O) groups is 1. The van der Waals surface area contributed by atoms with Crippen molar-refractivity contribution in [1.82, 2.24) is 5.32 Å². The number of hydrogen-bond donors (Lipinski definition) is 2. The SMILES string of the molecule is Cc1cc(C(=O)NCC2CCCC2O)c(Cl)cc1F. The predicted molar refractivity (Wildman–Crippen MR) is 71.8 cm³/mol. The minimum absolute atomic E-state index is 0.101. The zero-order chi connectivity index (χ0) is 14.0. The van der Waals surface area contributed by atoms with Gasteiger partial charge < -0.3 is 10.4 Å². The Hall–Kier alpha value is -1.13. The van der Waals surface area contributed by atoms with E-state index in [0.717, 1.165) is 25.3 Å². The lowest BCUT2D eigenvalue weighted by Gasteiger charge is -2.15. The summed E-state index contributed by atoms with van der Waals surface area (Å²) in [6.45, 7) is 2.01. The van der Waals surface area contributed by atoms with Crippen LogP contribution in [-0.2, 0) is 0 Å². The Morgan fingerprint density at radius 3 is 2.89 bits per heavy atom. The van der Waals surface area contributed by atoms with Gasteiger partial charge in [0.15, 0.2) is 0 Å². The van der Waals surface area contributed by atoms with Gasteiger partial charge >= 0.3 is 0 Å². The molecule has 0 heterocycles. The number of aliphatic hydroxyl groups is 1. The van der Waals surface area contributed by atoms with Crippen LogP contribution in [0, 0.1) is 18.7 Å².